The normalized spacial score (nSPS) is 11.0. The summed E-state index contributed by atoms with van der Waals surface area (Å²) in [4.78, 5) is 19.8. The molecule has 0 aliphatic rings. The molecule has 2 heterocycles. The second kappa shape index (κ2) is 7.76. The van der Waals surface area contributed by atoms with Crippen molar-refractivity contribution in [3.63, 3.8) is 0 Å². The van der Waals surface area contributed by atoms with Crippen LogP contribution in [0.5, 0.6) is 5.88 Å². The van der Waals surface area contributed by atoms with E-state index in [9.17, 15) is 13.2 Å². The van der Waals surface area contributed by atoms with Gasteiger partial charge in [0.15, 0.2) is 10.4 Å². The van der Waals surface area contributed by atoms with Gasteiger partial charge in [-0.25, -0.2) is 18.4 Å². The number of nitrogens with zero attached hydrogens (tertiary/aromatic N) is 2. The molecule has 0 saturated carbocycles. The second-order valence-corrected chi connectivity index (χ2v) is 7.57. The molecule has 0 spiro atoms. The molecule has 27 heavy (non-hydrogen) atoms. The van der Waals surface area contributed by atoms with Gasteiger partial charge in [0.05, 0.1) is 12.0 Å². The first-order valence-corrected chi connectivity index (χ1v) is 9.71. The summed E-state index contributed by atoms with van der Waals surface area (Å²) in [6, 6.07) is 8.71. The summed E-state index contributed by atoms with van der Waals surface area (Å²) >= 11 is 3.12. The molecule has 1 aromatic carbocycles. The zero-order valence-corrected chi connectivity index (χ0v) is 16.2. The van der Waals surface area contributed by atoms with Crippen LogP contribution in [0.1, 0.15) is 10.6 Å². The fourth-order valence-corrected chi connectivity index (χ4v) is 3.39. The number of rotatable bonds is 6. The van der Waals surface area contributed by atoms with E-state index in [2.05, 4.69) is 35.9 Å². The number of ether oxygens (including phenoxy) is 1. The molecular weight excluding hydrogens is 440 g/mol. The minimum Gasteiger partial charge on any atom is -0.478 e. The van der Waals surface area contributed by atoms with Crippen LogP contribution in [0.3, 0.4) is 0 Å². The fourth-order valence-electron chi connectivity index (χ4n) is 2.08. The largest absolute Gasteiger partial charge is 0.478 e. The number of halogens is 1. The van der Waals surface area contributed by atoms with E-state index >= 15 is 0 Å². The predicted molar refractivity (Wildman–Crippen MR) is 100 cm³/mol. The van der Waals surface area contributed by atoms with Crippen molar-refractivity contribution in [1.82, 2.24) is 9.97 Å². The number of carbonyl (C=O) groups is 1. The minimum absolute atomic E-state index is 0.0195. The van der Waals surface area contributed by atoms with E-state index in [0.717, 1.165) is 0 Å². The molecule has 1 amide bonds. The Morgan fingerprint density at radius 3 is 2.44 bits per heavy atom. The summed E-state index contributed by atoms with van der Waals surface area (Å²) in [6.45, 7) is 0. The van der Waals surface area contributed by atoms with Gasteiger partial charge >= 0.3 is 0 Å². The van der Waals surface area contributed by atoms with Crippen LogP contribution >= 0.6 is 15.9 Å². The monoisotopic (exact) mass is 452 g/mol. The van der Waals surface area contributed by atoms with E-state index in [1.54, 1.807) is 6.07 Å². The molecule has 0 aliphatic heterocycles. The van der Waals surface area contributed by atoms with Crippen molar-refractivity contribution >= 4 is 43.4 Å². The van der Waals surface area contributed by atoms with Gasteiger partial charge in [-0.1, -0.05) is 0 Å². The number of benzene rings is 1. The van der Waals surface area contributed by atoms with E-state index in [-0.39, 0.29) is 22.4 Å². The van der Waals surface area contributed by atoms with E-state index in [1.165, 1.54) is 49.8 Å². The molecule has 0 unspecified atom stereocenters. The topological polar surface area (TPSA) is 123 Å². The molecule has 2 N–H and O–H groups in total. The van der Waals surface area contributed by atoms with Crippen molar-refractivity contribution in [1.29, 1.82) is 0 Å². The first-order valence-electron chi connectivity index (χ1n) is 7.43. The third kappa shape index (κ3) is 4.44. The third-order valence-electron chi connectivity index (χ3n) is 3.31. The van der Waals surface area contributed by atoms with Gasteiger partial charge < -0.3 is 14.5 Å². The van der Waals surface area contributed by atoms with Gasteiger partial charge in [-0.15, -0.1) is 0 Å². The van der Waals surface area contributed by atoms with Gasteiger partial charge in [-0.05, 0) is 52.3 Å². The van der Waals surface area contributed by atoms with Crippen molar-refractivity contribution in [2.45, 2.75) is 4.90 Å². The highest BCUT2D eigenvalue weighted by Gasteiger charge is 2.18. The van der Waals surface area contributed by atoms with Crippen molar-refractivity contribution in [2.75, 3.05) is 17.1 Å². The number of aromatic nitrogens is 2. The zero-order chi connectivity index (χ0) is 19.4. The van der Waals surface area contributed by atoms with Gasteiger partial charge in [0, 0.05) is 18.1 Å². The number of amides is 1. The molecule has 2 aromatic heterocycles. The summed E-state index contributed by atoms with van der Waals surface area (Å²) in [7, 11) is -2.55. The molecule has 0 saturated heterocycles. The van der Waals surface area contributed by atoms with E-state index in [4.69, 9.17) is 9.15 Å². The van der Waals surface area contributed by atoms with Crippen LogP contribution < -0.4 is 14.8 Å². The highest BCUT2D eigenvalue weighted by Crippen LogP contribution is 2.22. The molecule has 3 rings (SSSR count). The molecule has 11 heteroatoms. The van der Waals surface area contributed by atoms with Crippen molar-refractivity contribution < 1.29 is 22.4 Å². The summed E-state index contributed by atoms with van der Waals surface area (Å²) in [5, 5.41) is 2.61. The molecule has 140 valence electrons. The van der Waals surface area contributed by atoms with Crippen LogP contribution in [0.4, 0.5) is 11.5 Å². The van der Waals surface area contributed by atoms with Crippen LogP contribution in [-0.2, 0) is 10.0 Å². The van der Waals surface area contributed by atoms with Crippen molar-refractivity contribution in [2.24, 2.45) is 0 Å². The van der Waals surface area contributed by atoms with E-state index in [0.29, 0.717) is 10.4 Å². The quantitative estimate of drug-likeness (QED) is 0.588. The molecule has 0 fully saturated rings. The smallest absolute Gasteiger partial charge is 0.291 e. The SMILES string of the molecule is COc1nccnc1NS(=O)(=O)c1ccc(NC(=O)c2ccc(Br)o2)cc1. The number of nitrogens with one attached hydrogen (secondary N) is 2. The molecule has 0 radical (unpaired) electrons. The van der Waals surface area contributed by atoms with Gasteiger partial charge in [-0.3, -0.25) is 9.52 Å². The van der Waals surface area contributed by atoms with Crippen LogP contribution in [-0.4, -0.2) is 31.4 Å². The lowest BCUT2D eigenvalue weighted by Gasteiger charge is -2.10. The van der Waals surface area contributed by atoms with Crippen molar-refractivity contribution in [3.8, 4) is 5.88 Å². The highest BCUT2D eigenvalue weighted by molar-refractivity contribution is 9.10. The first kappa shape index (κ1) is 18.9. The Morgan fingerprint density at radius 2 is 1.81 bits per heavy atom. The number of furan rings is 1. The Bertz CT molecular complexity index is 1070. The number of carbonyl (C=O) groups excluding carboxylic acids is 1. The van der Waals surface area contributed by atoms with E-state index < -0.39 is 15.9 Å². The molecule has 0 aliphatic carbocycles. The second-order valence-electron chi connectivity index (χ2n) is 5.10. The number of hydrogen-bond donors (Lipinski definition) is 2. The van der Waals surface area contributed by atoms with Gasteiger partial charge in [0.25, 0.3) is 21.8 Å². The van der Waals surface area contributed by atoms with Gasteiger partial charge in [0.1, 0.15) is 0 Å². The van der Waals surface area contributed by atoms with Crippen molar-refractivity contribution in [3.05, 3.63) is 59.2 Å². The summed E-state index contributed by atoms with van der Waals surface area (Å²) in [5.41, 5.74) is 0.406. The number of hydrogen-bond acceptors (Lipinski definition) is 7. The average Bonchev–Trinajstić information content (AvgIpc) is 3.09. The molecule has 9 nitrogen and oxygen atoms in total. The lowest BCUT2D eigenvalue weighted by molar-refractivity contribution is 0.0995. The third-order valence-corrected chi connectivity index (χ3v) is 5.09. The molecule has 0 atom stereocenters. The van der Waals surface area contributed by atoms with Gasteiger partial charge in [0.2, 0.25) is 5.82 Å². The Balaban J connectivity index is 1.75. The summed E-state index contributed by atoms with van der Waals surface area (Å²) < 4.78 is 37.8. The maximum atomic E-state index is 12.5. The first-order chi connectivity index (χ1) is 12.9. The van der Waals surface area contributed by atoms with Crippen LogP contribution in [0.15, 0.2) is 62.8 Å². The summed E-state index contributed by atoms with van der Waals surface area (Å²) in [5.74, 6) is -0.316. The van der Waals surface area contributed by atoms with Gasteiger partial charge in [-0.2, -0.15) is 0 Å². The Kier molecular flexibility index (Phi) is 5.42. The number of methoxy groups -OCH3 is 1. The minimum atomic E-state index is -3.91. The lowest BCUT2D eigenvalue weighted by atomic mass is 10.3. The zero-order valence-electron chi connectivity index (χ0n) is 13.8. The molecule has 0 bridgehead atoms. The average molecular weight is 453 g/mol. The molecule has 3 aromatic rings. The standard InChI is InChI=1S/C16H13BrN4O5S/c1-25-16-14(18-8-9-19-16)21-27(23,24)11-4-2-10(3-5-11)20-15(22)12-6-7-13(17)26-12/h2-9H,1H3,(H,18,21)(H,20,22). The Hall–Kier alpha value is -2.92. The van der Waals surface area contributed by atoms with Crippen LogP contribution in [0, 0.1) is 0 Å². The predicted octanol–water partition coefficient (Wildman–Crippen LogP) is 2.89. The summed E-state index contributed by atoms with van der Waals surface area (Å²) in [6.07, 6.45) is 2.72. The Labute approximate surface area is 163 Å². The van der Waals surface area contributed by atoms with E-state index in [1.807, 2.05) is 0 Å². The highest BCUT2D eigenvalue weighted by atomic mass is 79.9. The molecular formula is C16H13BrN4O5S. The number of sulfonamides is 1. The lowest BCUT2D eigenvalue weighted by Crippen LogP contribution is -2.15. The maximum absolute atomic E-state index is 12.5. The van der Waals surface area contributed by atoms with Crippen LogP contribution in [0.25, 0.3) is 0 Å². The maximum Gasteiger partial charge on any atom is 0.291 e. The number of anilines is 2. The van der Waals surface area contributed by atoms with Crippen LogP contribution in [0.2, 0.25) is 0 Å². The fraction of sp³-hybridized carbons (Fsp3) is 0.0625. The Morgan fingerprint density at radius 1 is 1.11 bits per heavy atom.